The number of pyridine rings is 1. The van der Waals surface area contributed by atoms with E-state index >= 15 is 0 Å². The molecule has 0 spiro atoms. The van der Waals surface area contributed by atoms with Crippen molar-refractivity contribution in [3.8, 4) is 0 Å². The van der Waals surface area contributed by atoms with Crippen molar-refractivity contribution in [2.45, 2.75) is 0 Å². The number of hydrogen-bond acceptors (Lipinski definition) is 6. The summed E-state index contributed by atoms with van der Waals surface area (Å²) in [6.45, 7) is 3.97. The average molecular weight is 263 g/mol. The highest BCUT2D eigenvalue weighted by molar-refractivity contribution is 5.87. The third-order valence-electron chi connectivity index (χ3n) is 3.05. The molecule has 19 heavy (non-hydrogen) atoms. The second-order valence-electron chi connectivity index (χ2n) is 4.36. The van der Waals surface area contributed by atoms with E-state index in [2.05, 4.69) is 9.88 Å². The Morgan fingerprint density at radius 1 is 1.26 bits per heavy atom. The Morgan fingerprint density at radius 3 is 2.63 bits per heavy atom. The predicted molar refractivity (Wildman–Crippen MR) is 68.6 cm³/mol. The van der Waals surface area contributed by atoms with Gasteiger partial charge in [-0.05, 0) is 12.1 Å². The molecule has 1 aliphatic heterocycles. The lowest BCUT2D eigenvalue weighted by atomic mass is 10.3. The molecule has 6 nitrogen and oxygen atoms in total. The summed E-state index contributed by atoms with van der Waals surface area (Å²) in [6.07, 6.45) is 2.48. The van der Waals surface area contributed by atoms with Crippen LogP contribution >= 0.6 is 0 Å². The fourth-order valence-electron chi connectivity index (χ4n) is 1.91. The van der Waals surface area contributed by atoms with Gasteiger partial charge >= 0.3 is 5.97 Å². The largest absolute Gasteiger partial charge is 0.445 e. The van der Waals surface area contributed by atoms with Gasteiger partial charge in [0.1, 0.15) is 18.7 Å². The zero-order valence-corrected chi connectivity index (χ0v) is 10.7. The fraction of sp³-hybridized carbons (Fsp3) is 0.462. The van der Waals surface area contributed by atoms with Crippen molar-refractivity contribution in [2.75, 3.05) is 39.5 Å². The minimum atomic E-state index is -0.407. The summed E-state index contributed by atoms with van der Waals surface area (Å²) in [5, 5.41) is 0. The van der Waals surface area contributed by atoms with Crippen molar-refractivity contribution in [1.29, 1.82) is 0 Å². The molecule has 1 aromatic rings. The minimum absolute atomic E-state index is 0.268. The quantitative estimate of drug-likeness (QED) is 0.551. The average Bonchev–Trinajstić information content (AvgIpc) is 2.47. The molecular weight excluding hydrogens is 246 g/mol. The molecule has 2 rings (SSSR count). The standard InChI is InChI=1S/C13H17N3O3/c17-10-9-15-5-7-16(8-6-15)11-19-13(18)12-3-1-2-4-14-12/h1-4,10H,5-9,11H2. The number of aromatic nitrogens is 1. The highest BCUT2D eigenvalue weighted by atomic mass is 16.5. The number of esters is 1. The Bertz CT molecular complexity index is 416. The first-order valence-electron chi connectivity index (χ1n) is 6.26. The van der Waals surface area contributed by atoms with Crippen molar-refractivity contribution < 1.29 is 14.3 Å². The van der Waals surface area contributed by atoms with Crippen molar-refractivity contribution >= 4 is 12.3 Å². The number of carbonyl (C=O) groups excluding carboxylic acids is 2. The zero-order valence-electron chi connectivity index (χ0n) is 10.7. The van der Waals surface area contributed by atoms with Crippen LogP contribution in [0, 0.1) is 0 Å². The van der Waals surface area contributed by atoms with Gasteiger partial charge < -0.3 is 9.53 Å². The van der Waals surface area contributed by atoms with Gasteiger partial charge in [-0.1, -0.05) is 6.07 Å². The summed E-state index contributed by atoms with van der Waals surface area (Å²) in [4.78, 5) is 30.1. The molecule has 1 saturated heterocycles. The van der Waals surface area contributed by atoms with E-state index < -0.39 is 5.97 Å². The van der Waals surface area contributed by atoms with E-state index in [1.807, 2.05) is 4.90 Å². The molecule has 1 aromatic heterocycles. The van der Waals surface area contributed by atoms with Crippen LogP contribution in [0.1, 0.15) is 10.5 Å². The van der Waals surface area contributed by atoms with Gasteiger partial charge in [0.05, 0.1) is 6.54 Å². The van der Waals surface area contributed by atoms with Crippen LogP contribution in [0.25, 0.3) is 0 Å². The molecule has 0 saturated carbocycles. The second-order valence-corrected chi connectivity index (χ2v) is 4.36. The van der Waals surface area contributed by atoms with Crippen LogP contribution in [0.5, 0.6) is 0 Å². The first-order chi connectivity index (χ1) is 9.29. The number of nitrogens with zero attached hydrogens (tertiary/aromatic N) is 3. The van der Waals surface area contributed by atoms with Gasteiger partial charge in [0.15, 0.2) is 0 Å². The lowest BCUT2D eigenvalue weighted by Crippen LogP contribution is -2.47. The maximum Gasteiger partial charge on any atom is 0.358 e. The van der Waals surface area contributed by atoms with E-state index in [0.717, 1.165) is 32.5 Å². The number of aldehydes is 1. The fourth-order valence-corrected chi connectivity index (χ4v) is 1.91. The molecule has 2 heterocycles. The Labute approximate surface area is 112 Å². The van der Waals surface area contributed by atoms with Gasteiger partial charge in [0, 0.05) is 32.4 Å². The van der Waals surface area contributed by atoms with E-state index in [1.165, 1.54) is 0 Å². The van der Waals surface area contributed by atoms with Crippen LogP contribution in [-0.2, 0) is 9.53 Å². The van der Waals surface area contributed by atoms with Crippen molar-refractivity contribution in [1.82, 2.24) is 14.8 Å². The first-order valence-corrected chi connectivity index (χ1v) is 6.26. The minimum Gasteiger partial charge on any atom is -0.445 e. The monoisotopic (exact) mass is 263 g/mol. The second kappa shape index (κ2) is 6.96. The van der Waals surface area contributed by atoms with Gasteiger partial charge in [-0.15, -0.1) is 0 Å². The topological polar surface area (TPSA) is 62.7 Å². The number of rotatable bonds is 5. The molecule has 0 amide bonds. The third-order valence-corrected chi connectivity index (χ3v) is 3.05. The number of ether oxygens (including phenoxy) is 1. The Balaban J connectivity index is 1.72. The Morgan fingerprint density at radius 2 is 2.00 bits per heavy atom. The molecule has 102 valence electrons. The summed E-state index contributed by atoms with van der Waals surface area (Å²) in [5.41, 5.74) is 0.321. The molecule has 0 aliphatic carbocycles. The number of piperazine rings is 1. The molecule has 0 bridgehead atoms. The van der Waals surface area contributed by atoms with Crippen LogP contribution < -0.4 is 0 Å². The first kappa shape index (κ1) is 13.6. The highest BCUT2D eigenvalue weighted by Gasteiger charge is 2.17. The molecule has 1 fully saturated rings. The van der Waals surface area contributed by atoms with Gasteiger partial charge in [-0.25, -0.2) is 9.78 Å². The molecular formula is C13H17N3O3. The molecule has 1 aliphatic rings. The number of hydrogen-bond donors (Lipinski definition) is 0. The van der Waals surface area contributed by atoms with E-state index in [4.69, 9.17) is 4.74 Å². The molecule has 0 aromatic carbocycles. The normalized spacial score (nSPS) is 17.1. The van der Waals surface area contributed by atoms with E-state index in [9.17, 15) is 9.59 Å². The molecule has 0 N–H and O–H groups in total. The molecule has 0 radical (unpaired) electrons. The SMILES string of the molecule is O=CCN1CCN(COC(=O)c2ccccn2)CC1. The Hall–Kier alpha value is -1.79. The predicted octanol–water partition coefficient (Wildman–Crippen LogP) is 0.0124. The maximum atomic E-state index is 11.7. The summed E-state index contributed by atoms with van der Waals surface area (Å²) >= 11 is 0. The lowest BCUT2D eigenvalue weighted by Gasteiger charge is -2.32. The number of carbonyl (C=O) groups is 2. The van der Waals surface area contributed by atoms with Crippen molar-refractivity contribution in [3.63, 3.8) is 0 Å². The van der Waals surface area contributed by atoms with E-state index in [0.29, 0.717) is 12.2 Å². The van der Waals surface area contributed by atoms with Gasteiger partial charge in [-0.2, -0.15) is 0 Å². The molecule has 0 unspecified atom stereocenters. The summed E-state index contributed by atoms with van der Waals surface area (Å²) in [7, 11) is 0. The summed E-state index contributed by atoms with van der Waals surface area (Å²) in [5.74, 6) is -0.407. The van der Waals surface area contributed by atoms with Gasteiger partial charge in [-0.3, -0.25) is 9.80 Å². The lowest BCUT2D eigenvalue weighted by molar-refractivity contribution is -0.109. The van der Waals surface area contributed by atoms with Crippen LogP contribution in [0.4, 0.5) is 0 Å². The van der Waals surface area contributed by atoms with Crippen LogP contribution in [0.3, 0.4) is 0 Å². The van der Waals surface area contributed by atoms with E-state index in [-0.39, 0.29) is 6.73 Å². The maximum absolute atomic E-state index is 11.7. The highest BCUT2D eigenvalue weighted by Crippen LogP contribution is 2.02. The van der Waals surface area contributed by atoms with Crippen LogP contribution in [0.15, 0.2) is 24.4 Å². The zero-order chi connectivity index (χ0) is 13.5. The summed E-state index contributed by atoms with van der Waals surface area (Å²) < 4.78 is 5.20. The Kier molecular flexibility index (Phi) is 5.00. The summed E-state index contributed by atoms with van der Waals surface area (Å²) in [6, 6.07) is 5.13. The third kappa shape index (κ3) is 4.11. The van der Waals surface area contributed by atoms with Crippen molar-refractivity contribution in [3.05, 3.63) is 30.1 Å². The van der Waals surface area contributed by atoms with Gasteiger partial charge in [0.2, 0.25) is 0 Å². The molecule has 6 heteroatoms. The van der Waals surface area contributed by atoms with Gasteiger partial charge in [0.25, 0.3) is 0 Å². The van der Waals surface area contributed by atoms with E-state index in [1.54, 1.807) is 24.4 Å². The van der Waals surface area contributed by atoms with Crippen LogP contribution in [-0.4, -0.2) is 66.5 Å². The molecule has 0 atom stereocenters. The smallest absolute Gasteiger partial charge is 0.358 e. The van der Waals surface area contributed by atoms with Crippen molar-refractivity contribution in [2.24, 2.45) is 0 Å². The van der Waals surface area contributed by atoms with Crippen LogP contribution in [0.2, 0.25) is 0 Å².